The number of nitrogens with one attached hydrogen (secondary N) is 1. The second kappa shape index (κ2) is 5.18. The smallest absolute Gasteiger partial charge is 0.233 e. The summed E-state index contributed by atoms with van der Waals surface area (Å²) in [4.78, 5) is 16.0. The molecule has 0 atom stereocenters. The molecule has 0 amide bonds. The Hall–Kier alpha value is -1.88. The summed E-state index contributed by atoms with van der Waals surface area (Å²) in [6.07, 6.45) is 0.367. The van der Waals surface area contributed by atoms with Gasteiger partial charge < -0.3 is 10.4 Å². The number of carbonyl (C=O) groups excluding carboxylic acids is 1. The van der Waals surface area contributed by atoms with Crippen molar-refractivity contribution in [2.24, 2.45) is 0 Å². The minimum atomic E-state index is -0.170. The molecule has 0 aliphatic carbocycles. The molecular formula is C13H14N2O2S. The molecule has 0 unspecified atom stereocenters. The molecular weight excluding hydrogens is 248 g/mol. The molecule has 0 aliphatic rings. The van der Waals surface area contributed by atoms with Crippen LogP contribution in [0.4, 0.5) is 5.69 Å². The first kappa shape index (κ1) is 12.6. The van der Waals surface area contributed by atoms with E-state index in [1.165, 1.54) is 11.3 Å². The van der Waals surface area contributed by atoms with Crippen LogP contribution in [-0.4, -0.2) is 22.9 Å². The molecule has 5 heteroatoms. The van der Waals surface area contributed by atoms with Crippen LogP contribution in [-0.2, 0) is 0 Å². The molecule has 0 fully saturated rings. The lowest BCUT2D eigenvalue weighted by atomic mass is 10.2. The van der Waals surface area contributed by atoms with Gasteiger partial charge >= 0.3 is 0 Å². The van der Waals surface area contributed by atoms with Gasteiger partial charge in [-0.2, -0.15) is 0 Å². The van der Waals surface area contributed by atoms with Gasteiger partial charge in [0, 0.05) is 24.7 Å². The monoisotopic (exact) mass is 262 g/mol. The van der Waals surface area contributed by atoms with Crippen molar-refractivity contribution in [3.63, 3.8) is 0 Å². The Kier molecular flexibility index (Phi) is 3.62. The summed E-state index contributed by atoms with van der Waals surface area (Å²) in [5.41, 5.74) is 1.85. The highest BCUT2D eigenvalue weighted by atomic mass is 32.1. The molecule has 0 saturated carbocycles. The van der Waals surface area contributed by atoms with E-state index in [4.69, 9.17) is 0 Å². The molecule has 18 heavy (non-hydrogen) atoms. The van der Waals surface area contributed by atoms with Crippen molar-refractivity contribution in [2.75, 3.05) is 12.4 Å². The van der Waals surface area contributed by atoms with Gasteiger partial charge in [-0.1, -0.05) is 19.1 Å². The number of aromatic nitrogens is 1. The van der Waals surface area contributed by atoms with E-state index in [2.05, 4.69) is 10.3 Å². The van der Waals surface area contributed by atoms with Gasteiger partial charge in [0.05, 0.1) is 0 Å². The van der Waals surface area contributed by atoms with Crippen molar-refractivity contribution in [1.29, 1.82) is 0 Å². The number of anilines is 1. The molecule has 1 aromatic carbocycles. The molecule has 0 bridgehead atoms. The van der Waals surface area contributed by atoms with Gasteiger partial charge in [0.1, 0.15) is 9.88 Å². The largest absolute Gasteiger partial charge is 0.492 e. The second-order valence-corrected chi connectivity index (χ2v) is 4.78. The normalized spacial score (nSPS) is 10.3. The summed E-state index contributed by atoms with van der Waals surface area (Å²) in [5, 5.41) is 13.4. The molecule has 1 heterocycles. The van der Waals surface area contributed by atoms with Crippen LogP contribution in [0.2, 0.25) is 0 Å². The van der Waals surface area contributed by atoms with E-state index >= 15 is 0 Å². The minimum absolute atomic E-state index is 0.0824. The Balaban J connectivity index is 2.42. The summed E-state index contributed by atoms with van der Waals surface area (Å²) in [5.74, 6) is -0.252. The van der Waals surface area contributed by atoms with Gasteiger partial charge in [-0.05, 0) is 12.1 Å². The number of Topliss-reactive ketones (excluding diaryl/α,β-unsaturated/α-hetero) is 1. The fourth-order valence-corrected chi connectivity index (χ4v) is 2.55. The Labute approximate surface area is 109 Å². The van der Waals surface area contributed by atoms with Gasteiger partial charge in [-0.25, -0.2) is 4.98 Å². The highest BCUT2D eigenvalue weighted by Gasteiger charge is 2.17. The summed E-state index contributed by atoms with van der Waals surface area (Å²) >= 11 is 1.23. The van der Waals surface area contributed by atoms with E-state index in [-0.39, 0.29) is 11.7 Å². The topological polar surface area (TPSA) is 62.2 Å². The first-order chi connectivity index (χ1) is 8.65. The van der Waals surface area contributed by atoms with Crippen LogP contribution in [0.1, 0.15) is 23.0 Å². The predicted octanol–water partition coefficient (Wildman–Crippen LogP) is 3.15. The third-order valence-electron chi connectivity index (χ3n) is 2.58. The van der Waals surface area contributed by atoms with Crippen molar-refractivity contribution in [1.82, 2.24) is 4.98 Å². The number of nitrogens with zero attached hydrogens (tertiary/aromatic N) is 1. The van der Waals surface area contributed by atoms with Crippen molar-refractivity contribution in [3.05, 3.63) is 29.1 Å². The number of thiazole rings is 1. The number of carbonyl (C=O) groups is 1. The van der Waals surface area contributed by atoms with E-state index < -0.39 is 0 Å². The highest BCUT2D eigenvalue weighted by Crippen LogP contribution is 2.33. The number of benzene rings is 1. The Bertz CT molecular complexity index is 578. The minimum Gasteiger partial charge on any atom is -0.492 e. The van der Waals surface area contributed by atoms with Gasteiger partial charge in [-0.3, -0.25) is 4.79 Å². The molecule has 4 nitrogen and oxygen atoms in total. The lowest BCUT2D eigenvalue weighted by Crippen LogP contribution is -1.92. The van der Waals surface area contributed by atoms with Gasteiger partial charge in [0.25, 0.3) is 0 Å². The zero-order chi connectivity index (χ0) is 13.1. The van der Waals surface area contributed by atoms with E-state index in [9.17, 15) is 9.90 Å². The van der Waals surface area contributed by atoms with Gasteiger partial charge in [0.2, 0.25) is 5.88 Å². The number of hydrogen-bond donors (Lipinski definition) is 2. The molecule has 94 valence electrons. The molecule has 2 rings (SSSR count). The molecule has 0 saturated heterocycles. The molecule has 2 aromatic rings. The van der Waals surface area contributed by atoms with Crippen LogP contribution in [0.25, 0.3) is 10.6 Å². The Morgan fingerprint density at radius 2 is 2.28 bits per heavy atom. The van der Waals surface area contributed by atoms with Crippen LogP contribution in [0.15, 0.2) is 24.3 Å². The zero-order valence-corrected chi connectivity index (χ0v) is 11.0. The fourth-order valence-electron chi connectivity index (χ4n) is 1.59. The molecule has 1 aromatic heterocycles. The average molecular weight is 262 g/mol. The predicted molar refractivity (Wildman–Crippen MR) is 73.4 cm³/mol. The standard InChI is InChI=1S/C13H14N2O2S/c1-3-10(16)11-12(17)15-13(18-11)8-5-4-6-9(7-8)14-2/h4-7,14,17H,3H2,1-2H3. The third-order valence-corrected chi connectivity index (χ3v) is 3.72. The van der Waals surface area contributed by atoms with Crippen molar-refractivity contribution in [2.45, 2.75) is 13.3 Å². The highest BCUT2D eigenvalue weighted by molar-refractivity contribution is 7.17. The van der Waals surface area contributed by atoms with Crippen LogP contribution in [0.5, 0.6) is 5.88 Å². The summed E-state index contributed by atoms with van der Waals surface area (Å²) in [7, 11) is 1.84. The quantitative estimate of drug-likeness (QED) is 0.831. The van der Waals surface area contributed by atoms with Crippen molar-refractivity contribution >= 4 is 22.8 Å². The average Bonchev–Trinajstić information content (AvgIpc) is 2.80. The summed E-state index contributed by atoms with van der Waals surface area (Å²) in [6.45, 7) is 1.77. The molecule has 0 aliphatic heterocycles. The molecule has 2 N–H and O–H groups in total. The van der Waals surface area contributed by atoms with Crippen molar-refractivity contribution < 1.29 is 9.90 Å². The SMILES string of the molecule is CCC(=O)c1sc(-c2cccc(NC)c2)nc1O. The number of rotatable bonds is 4. The maximum atomic E-state index is 11.6. The van der Waals surface area contributed by atoms with E-state index in [0.717, 1.165) is 11.3 Å². The van der Waals surface area contributed by atoms with E-state index in [0.29, 0.717) is 16.3 Å². The van der Waals surface area contributed by atoms with E-state index in [1.807, 2.05) is 31.3 Å². The maximum absolute atomic E-state index is 11.6. The summed E-state index contributed by atoms with van der Waals surface area (Å²) < 4.78 is 0. The maximum Gasteiger partial charge on any atom is 0.233 e. The number of ketones is 1. The molecule has 0 spiro atoms. The van der Waals surface area contributed by atoms with Gasteiger partial charge in [0.15, 0.2) is 5.78 Å². The zero-order valence-electron chi connectivity index (χ0n) is 10.2. The van der Waals surface area contributed by atoms with Crippen LogP contribution >= 0.6 is 11.3 Å². The van der Waals surface area contributed by atoms with Crippen LogP contribution in [0.3, 0.4) is 0 Å². The second-order valence-electron chi connectivity index (χ2n) is 3.78. The summed E-state index contributed by atoms with van der Waals surface area (Å²) in [6, 6.07) is 7.67. The van der Waals surface area contributed by atoms with E-state index in [1.54, 1.807) is 6.92 Å². The van der Waals surface area contributed by atoms with Crippen LogP contribution in [0, 0.1) is 0 Å². The molecule has 0 radical (unpaired) electrons. The first-order valence-corrected chi connectivity index (χ1v) is 6.48. The first-order valence-electron chi connectivity index (χ1n) is 5.67. The Morgan fingerprint density at radius 1 is 1.50 bits per heavy atom. The Morgan fingerprint density at radius 3 is 2.94 bits per heavy atom. The van der Waals surface area contributed by atoms with Crippen LogP contribution < -0.4 is 5.32 Å². The lowest BCUT2D eigenvalue weighted by molar-refractivity contribution is 0.0989. The lowest BCUT2D eigenvalue weighted by Gasteiger charge is -2.01. The van der Waals surface area contributed by atoms with Crippen molar-refractivity contribution in [3.8, 4) is 16.5 Å². The third kappa shape index (κ3) is 2.36. The number of hydrogen-bond acceptors (Lipinski definition) is 5. The van der Waals surface area contributed by atoms with Gasteiger partial charge in [-0.15, -0.1) is 11.3 Å². The fraction of sp³-hybridized carbons (Fsp3) is 0.231. The number of aromatic hydroxyl groups is 1.